The van der Waals surface area contributed by atoms with Crippen molar-refractivity contribution >= 4 is 31.3 Å². The van der Waals surface area contributed by atoms with E-state index in [1.807, 2.05) is 27.7 Å². The second kappa shape index (κ2) is 5.30. The molecule has 1 saturated heterocycles. The number of ether oxygens (including phenoxy) is 2. The van der Waals surface area contributed by atoms with Gasteiger partial charge in [0.1, 0.15) is 17.5 Å². The highest BCUT2D eigenvalue weighted by Gasteiger charge is 2.47. The third-order valence-electron chi connectivity index (χ3n) is 3.45. The molecular formula is C14H18Cl2O4S. The second-order valence-electron chi connectivity index (χ2n) is 6.31. The van der Waals surface area contributed by atoms with Gasteiger partial charge in [-0.3, -0.25) is 0 Å². The monoisotopic (exact) mass is 352 g/mol. The highest BCUT2D eigenvalue weighted by atomic mass is 35.7. The summed E-state index contributed by atoms with van der Waals surface area (Å²) in [5.74, 6) is 0.417. The van der Waals surface area contributed by atoms with Gasteiger partial charge in [-0.2, -0.15) is 0 Å². The van der Waals surface area contributed by atoms with Crippen molar-refractivity contribution < 1.29 is 17.9 Å². The number of hydrogen-bond donors (Lipinski definition) is 0. The van der Waals surface area contributed by atoms with Crippen LogP contribution < -0.4 is 4.74 Å². The maximum absolute atomic E-state index is 11.3. The molecule has 1 heterocycles. The van der Waals surface area contributed by atoms with Crippen molar-refractivity contribution in [1.29, 1.82) is 0 Å². The fraction of sp³-hybridized carbons (Fsp3) is 0.571. The highest BCUT2D eigenvalue weighted by molar-refractivity contribution is 8.13. The van der Waals surface area contributed by atoms with E-state index in [1.54, 1.807) is 0 Å². The van der Waals surface area contributed by atoms with Crippen LogP contribution in [0.3, 0.4) is 0 Å². The molecule has 21 heavy (non-hydrogen) atoms. The molecule has 1 aliphatic rings. The summed E-state index contributed by atoms with van der Waals surface area (Å²) in [4.78, 5) is -0.0521. The van der Waals surface area contributed by atoms with Gasteiger partial charge in [-0.05, 0) is 45.9 Å². The molecule has 1 unspecified atom stereocenters. The SMILES string of the molecule is CC1(C)CC(Oc2ccc(S(=O)(=O)Cl)cc2Cl)C(C)(C)O1. The first kappa shape index (κ1) is 16.9. The molecule has 1 aliphatic heterocycles. The molecule has 7 heteroatoms. The Balaban J connectivity index is 2.25. The van der Waals surface area contributed by atoms with E-state index in [2.05, 4.69) is 0 Å². The van der Waals surface area contributed by atoms with Crippen LogP contribution >= 0.6 is 22.3 Å². The lowest BCUT2D eigenvalue weighted by Crippen LogP contribution is -2.36. The van der Waals surface area contributed by atoms with Gasteiger partial charge in [0.25, 0.3) is 9.05 Å². The first-order valence-electron chi connectivity index (χ1n) is 6.52. The van der Waals surface area contributed by atoms with Crippen LogP contribution in [0.1, 0.15) is 34.1 Å². The molecule has 0 aromatic heterocycles. The van der Waals surface area contributed by atoms with Crippen LogP contribution in [-0.4, -0.2) is 25.7 Å². The normalized spacial score (nSPS) is 24.0. The van der Waals surface area contributed by atoms with Crippen molar-refractivity contribution in [1.82, 2.24) is 0 Å². The van der Waals surface area contributed by atoms with Gasteiger partial charge in [0.05, 0.1) is 15.5 Å². The van der Waals surface area contributed by atoms with E-state index in [9.17, 15) is 8.42 Å². The topological polar surface area (TPSA) is 52.6 Å². The number of benzene rings is 1. The molecule has 0 amide bonds. The Kier molecular flexibility index (Phi) is 4.26. The van der Waals surface area contributed by atoms with E-state index in [4.69, 9.17) is 31.8 Å². The highest BCUT2D eigenvalue weighted by Crippen LogP contribution is 2.41. The standard InChI is InChI=1S/C14H18Cl2O4S/c1-13(2)8-12(14(3,4)20-13)19-11-6-5-9(7-10(11)15)21(16,17)18/h5-7,12H,8H2,1-4H3. The van der Waals surface area contributed by atoms with E-state index in [0.717, 1.165) is 0 Å². The quantitative estimate of drug-likeness (QED) is 0.771. The largest absolute Gasteiger partial charge is 0.486 e. The van der Waals surface area contributed by atoms with Gasteiger partial charge in [0.2, 0.25) is 0 Å². The molecule has 1 fully saturated rings. The fourth-order valence-corrected chi connectivity index (χ4v) is 3.64. The summed E-state index contributed by atoms with van der Waals surface area (Å²) in [6.45, 7) is 7.92. The molecule has 1 aromatic carbocycles. The zero-order chi connectivity index (χ0) is 16.1. The summed E-state index contributed by atoms with van der Waals surface area (Å²) in [6.07, 6.45) is 0.537. The minimum absolute atomic E-state index is 0.0521. The molecule has 118 valence electrons. The van der Waals surface area contributed by atoms with E-state index < -0.39 is 14.7 Å². The van der Waals surface area contributed by atoms with Crippen molar-refractivity contribution in [2.75, 3.05) is 0 Å². The molecule has 0 saturated carbocycles. The lowest BCUT2D eigenvalue weighted by molar-refractivity contribution is -0.0845. The lowest BCUT2D eigenvalue weighted by Gasteiger charge is -2.27. The first-order valence-corrected chi connectivity index (χ1v) is 9.20. The van der Waals surface area contributed by atoms with Crippen molar-refractivity contribution in [3.05, 3.63) is 23.2 Å². The average Bonchev–Trinajstić information content (AvgIpc) is 2.48. The van der Waals surface area contributed by atoms with Crippen LogP contribution in [0.5, 0.6) is 5.75 Å². The summed E-state index contributed by atoms with van der Waals surface area (Å²) < 4.78 is 34.4. The molecule has 0 radical (unpaired) electrons. The second-order valence-corrected chi connectivity index (χ2v) is 9.28. The van der Waals surface area contributed by atoms with Gasteiger partial charge in [-0.1, -0.05) is 11.6 Å². The summed E-state index contributed by atoms with van der Waals surface area (Å²) in [5.41, 5.74) is -0.732. The smallest absolute Gasteiger partial charge is 0.261 e. The zero-order valence-electron chi connectivity index (χ0n) is 12.3. The third-order valence-corrected chi connectivity index (χ3v) is 5.09. The van der Waals surface area contributed by atoms with Gasteiger partial charge in [-0.15, -0.1) is 0 Å². The maximum Gasteiger partial charge on any atom is 0.261 e. The van der Waals surface area contributed by atoms with Crippen LogP contribution in [0.25, 0.3) is 0 Å². The van der Waals surface area contributed by atoms with E-state index >= 15 is 0 Å². The average molecular weight is 353 g/mol. The summed E-state index contributed by atoms with van der Waals surface area (Å²) in [6, 6.07) is 4.17. The van der Waals surface area contributed by atoms with Crippen molar-refractivity contribution in [2.24, 2.45) is 0 Å². The van der Waals surface area contributed by atoms with Gasteiger partial charge < -0.3 is 9.47 Å². The van der Waals surface area contributed by atoms with E-state index in [-0.39, 0.29) is 21.6 Å². The van der Waals surface area contributed by atoms with Crippen LogP contribution in [0.2, 0.25) is 5.02 Å². The molecule has 1 atom stereocenters. The molecule has 0 spiro atoms. The molecule has 0 N–H and O–H groups in total. The Bertz CT molecular complexity index is 653. The van der Waals surface area contributed by atoms with Crippen LogP contribution in [-0.2, 0) is 13.8 Å². The van der Waals surface area contributed by atoms with Crippen LogP contribution in [0.15, 0.2) is 23.1 Å². The summed E-state index contributed by atoms with van der Waals surface area (Å²) >= 11 is 6.09. The van der Waals surface area contributed by atoms with E-state index in [1.165, 1.54) is 18.2 Å². The molecule has 0 bridgehead atoms. The van der Waals surface area contributed by atoms with Crippen molar-refractivity contribution in [3.63, 3.8) is 0 Å². The van der Waals surface area contributed by atoms with Crippen molar-refractivity contribution in [3.8, 4) is 5.75 Å². The Morgan fingerprint density at radius 1 is 1.29 bits per heavy atom. The molecular weight excluding hydrogens is 335 g/mol. The predicted octanol–water partition coefficient (Wildman–Crippen LogP) is 3.99. The van der Waals surface area contributed by atoms with Crippen LogP contribution in [0.4, 0.5) is 0 Å². The summed E-state index contributed by atoms with van der Waals surface area (Å²) in [7, 11) is 1.49. The van der Waals surface area contributed by atoms with E-state index in [0.29, 0.717) is 12.2 Å². The zero-order valence-corrected chi connectivity index (χ0v) is 14.6. The van der Waals surface area contributed by atoms with Gasteiger partial charge >= 0.3 is 0 Å². The number of rotatable bonds is 3. The molecule has 1 aromatic rings. The first-order chi connectivity index (χ1) is 9.41. The Labute approximate surface area is 134 Å². The maximum atomic E-state index is 11.3. The van der Waals surface area contributed by atoms with Gasteiger partial charge in [-0.25, -0.2) is 8.42 Å². The minimum Gasteiger partial charge on any atom is -0.486 e. The van der Waals surface area contributed by atoms with Crippen molar-refractivity contribution in [2.45, 2.75) is 56.3 Å². The molecule has 0 aliphatic carbocycles. The number of hydrogen-bond acceptors (Lipinski definition) is 4. The van der Waals surface area contributed by atoms with Gasteiger partial charge in [0, 0.05) is 17.1 Å². The predicted molar refractivity (Wildman–Crippen MR) is 82.8 cm³/mol. The lowest BCUT2D eigenvalue weighted by atomic mass is 9.97. The van der Waals surface area contributed by atoms with Crippen LogP contribution in [0, 0.1) is 0 Å². The molecule has 2 rings (SSSR count). The molecule has 4 nitrogen and oxygen atoms in total. The number of halogens is 2. The Morgan fingerprint density at radius 3 is 2.33 bits per heavy atom. The van der Waals surface area contributed by atoms with Gasteiger partial charge in [0.15, 0.2) is 0 Å². The third kappa shape index (κ3) is 3.83. The summed E-state index contributed by atoms with van der Waals surface area (Å²) in [5, 5.41) is 0.206. The Morgan fingerprint density at radius 2 is 1.90 bits per heavy atom. The minimum atomic E-state index is -3.80. The Hall–Kier alpha value is -0.490. The fourth-order valence-electron chi connectivity index (χ4n) is 2.58.